The second-order valence-corrected chi connectivity index (χ2v) is 7.76. The van der Waals surface area contributed by atoms with E-state index in [-0.39, 0.29) is 23.1 Å². The molecule has 9 nitrogen and oxygen atoms in total. The molecule has 1 N–H and O–H groups in total. The number of benzene rings is 1. The molecule has 9 heteroatoms. The molecule has 0 aliphatic carbocycles. The number of rotatable bonds is 10. The first kappa shape index (κ1) is 25.6. The Balaban J connectivity index is 2.09. The van der Waals surface area contributed by atoms with Crippen molar-refractivity contribution in [3.8, 4) is 17.2 Å². The Kier molecular flexibility index (Phi) is 9.20. The van der Waals surface area contributed by atoms with E-state index in [1.807, 2.05) is 51.1 Å². The fraction of sp³-hybridized carbons (Fsp3) is 0.417. The van der Waals surface area contributed by atoms with Gasteiger partial charge in [0.2, 0.25) is 5.75 Å². The summed E-state index contributed by atoms with van der Waals surface area (Å²) >= 11 is 0. The lowest BCUT2D eigenvalue weighted by Crippen LogP contribution is -2.45. The number of carbonyl (C=O) groups is 3. The number of ether oxygens (including phenoxy) is 4. The molecule has 2 rings (SSSR count). The number of aromatic nitrogens is 1. The highest BCUT2D eigenvalue weighted by Crippen LogP contribution is 2.29. The standard InChI is InChI=1S/C24H30N2O7/c1-14(2)21(16(4)31-18-10-8-7-9-11-18)33-24(29)15(3)26-23(28)20-22(32-17(5)27)19(30-6)12-13-25-20/h7-16,21H,1-6H3,(H,26,28)/t15-,16-,21+/m0/s1. The molecule has 0 spiro atoms. The predicted molar refractivity (Wildman–Crippen MR) is 120 cm³/mol. The Morgan fingerprint density at radius 1 is 1.00 bits per heavy atom. The maximum atomic E-state index is 12.8. The van der Waals surface area contributed by atoms with Crippen molar-refractivity contribution in [2.45, 2.75) is 52.9 Å². The third-order valence-electron chi connectivity index (χ3n) is 4.69. The second kappa shape index (κ2) is 11.8. The second-order valence-electron chi connectivity index (χ2n) is 7.76. The molecule has 0 fully saturated rings. The van der Waals surface area contributed by atoms with Crippen LogP contribution in [0.5, 0.6) is 17.2 Å². The highest BCUT2D eigenvalue weighted by molar-refractivity contribution is 5.98. The van der Waals surface area contributed by atoms with E-state index in [1.54, 1.807) is 0 Å². The third-order valence-corrected chi connectivity index (χ3v) is 4.69. The number of nitrogens with zero attached hydrogens (tertiary/aromatic N) is 1. The summed E-state index contributed by atoms with van der Waals surface area (Å²) in [5, 5.41) is 2.53. The minimum absolute atomic E-state index is 0.0359. The lowest BCUT2D eigenvalue weighted by molar-refractivity contribution is -0.158. The molecule has 1 aromatic carbocycles. The molecule has 2 aromatic rings. The van der Waals surface area contributed by atoms with Gasteiger partial charge in [-0.2, -0.15) is 0 Å². The van der Waals surface area contributed by atoms with Crippen molar-refractivity contribution >= 4 is 17.8 Å². The van der Waals surface area contributed by atoms with Crippen LogP contribution in [0.25, 0.3) is 0 Å². The summed E-state index contributed by atoms with van der Waals surface area (Å²) in [6.45, 7) is 8.33. The Morgan fingerprint density at radius 3 is 2.24 bits per heavy atom. The van der Waals surface area contributed by atoms with Crippen LogP contribution in [0.15, 0.2) is 42.6 Å². The molecule has 33 heavy (non-hydrogen) atoms. The molecule has 0 saturated carbocycles. The van der Waals surface area contributed by atoms with Crippen LogP contribution < -0.4 is 19.5 Å². The zero-order valence-corrected chi connectivity index (χ0v) is 19.7. The minimum Gasteiger partial charge on any atom is -0.493 e. The molecule has 0 saturated heterocycles. The molecule has 178 valence electrons. The Hall–Kier alpha value is -3.62. The number of para-hydroxylation sites is 1. The smallest absolute Gasteiger partial charge is 0.328 e. The van der Waals surface area contributed by atoms with Crippen LogP contribution in [0.2, 0.25) is 0 Å². The van der Waals surface area contributed by atoms with Crippen LogP contribution in [-0.2, 0) is 14.3 Å². The first-order valence-corrected chi connectivity index (χ1v) is 10.6. The van der Waals surface area contributed by atoms with E-state index in [9.17, 15) is 14.4 Å². The number of amides is 1. The van der Waals surface area contributed by atoms with Crippen LogP contribution >= 0.6 is 0 Å². The zero-order valence-electron chi connectivity index (χ0n) is 19.7. The monoisotopic (exact) mass is 458 g/mol. The molecule has 0 radical (unpaired) electrons. The molecule has 1 amide bonds. The maximum Gasteiger partial charge on any atom is 0.328 e. The average Bonchev–Trinajstić information content (AvgIpc) is 2.77. The summed E-state index contributed by atoms with van der Waals surface area (Å²) < 4.78 is 21.8. The number of nitrogens with one attached hydrogen (secondary N) is 1. The number of esters is 2. The van der Waals surface area contributed by atoms with Gasteiger partial charge in [-0.15, -0.1) is 0 Å². The van der Waals surface area contributed by atoms with Gasteiger partial charge in [-0.3, -0.25) is 9.59 Å². The Labute approximate surface area is 193 Å². The van der Waals surface area contributed by atoms with Crippen molar-refractivity contribution in [1.82, 2.24) is 10.3 Å². The molecule has 3 atom stereocenters. The van der Waals surface area contributed by atoms with E-state index in [0.717, 1.165) is 0 Å². The Bertz CT molecular complexity index is 963. The summed E-state index contributed by atoms with van der Waals surface area (Å²) in [5.74, 6) is -1.34. The highest BCUT2D eigenvalue weighted by Gasteiger charge is 2.30. The third kappa shape index (κ3) is 7.20. The molecular formula is C24H30N2O7. The molecular weight excluding hydrogens is 428 g/mol. The van der Waals surface area contributed by atoms with Gasteiger partial charge in [0.25, 0.3) is 5.91 Å². The van der Waals surface area contributed by atoms with E-state index in [4.69, 9.17) is 18.9 Å². The van der Waals surface area contributed by atoms with Crippen molar-refractivity contribution in [2.24, 2.45) is 5.92 Å². The average molecular weight is 459 g/mol. The van der Waals surface area contributed by atoms with Crippen LogP contribution in [0.4, 0.5) is 0 Å². The van der Waals surface area contributed by atoms with Gasteiger partial charge in [-0.25, -0.2) is 9.78 Å². The summed E-state index contributed by atoms with van der Waals surface area (Å²) in [4.78, 5) is 40.9. The van der Waals surface area contributed by atoms with E-state index in [1.165, 1.54) is 33.2 Å². The molecule has 0 aliphatic rings. The van der Waals surface area contributed by atoms with Crippen LogP contribution in [0, 0.1) is 5.92 Å². The Morgan fingerprint density at radius 2 is 1.67 bits per heavy atom. The van der Waals surface area contributed by atoms with Gasteiger partial charge in [-0.05, 0) is 31.9 Å². The minimum atomic E-state index is -0.999. The van der Waals surface area contributed by atoms with Gasteiger partial charge in [0.15, 0.2) is 11.4 Å². The summed E-state index contributed by atoms with van der Waals surface area (Å²) in [6, 6.07) is 9.68. The highest BCUT2D eigenvalue weighted by atomic mass is 16.6. The normalized spacial score (nSPS) is 13.4. The summed E-state index contributed by atoms with van der Waals surface area (Å²) in [7, 11) is 1.37. The first-order valence-electron chi connectivity index (χ1n) is 10.6. The number of methoxy groups -OCH3 is 1. The molecule has 0 aliphatic heterocycles. The lowest BCUT2D eigenvalue weighted by Gasteiger charge is -2.29. The predicted octanol–water partition coefficient (Wildman–Crippen LogP) is 3.17. The number of pyridine rings is 1. The van der Waals surface area contributed by atoms with Crippen molar-refractivity contribution in [3.05, 3.63) is 48.3 Å². The van der Waals surface area contributed by atoms with Gasteiger partial charge >= 0.3 is 11.9 Å². The number of hydrogen-bond acceptors (Lipinski definition) is 8. The quantitative estimate of drug-likeness (QED) is 0.540. The van der Waals surface area contributed by atoms with E-state index >= 15 is 0 Å². The molecule has 1 heterocycles. The number of carbonyl (C=O) groups excluding carboxylic acids is 3. The molecule has 0 bridgehead atoms. The van der Waals surface area contributed by atoms with Crippen LogP contribution in [0.1, 0.15) is 45.1 Å². The zero-order chi connectivity index (χ0) is 24.5. The largest absolute Gasteiger partial charge is 0.493 e. The van der Waals surface area contributed by atoms with Crippen LogP contribution in [-0.4, -0.2) is 48.2 Å². The van der Waals surface area contributed by atoms with Crippen molar-refractivity contribution in [3.63, 3.8) is 0 Å². The number of hydrogen-bond donors (Lipinski definition) is 1. The van der Waals surface area contributed by atoms with Crippen molar-refractivity contribution < 1.29 is 33.3 Å². The van der Waals surface area contributed by atoms with E-state index < -0.39 is 36.1 Å². The summed E-state index contributed by atoms with van der Waals surface area (Å²) in [5.41, 5.74) is -0.189. The summed E-state index contributed by atoms with van der Waals surface area (Å²) in [6.07, 6.45) is 0.361. The van der Waals surface area contributed by atoms with E-state index in [0.29, 0.717) is 5.75 Å². The van der Waals surface area contributed by atoms with Gasteiger partial charge in [0, 0.05) is 19.2 Å². The van der Waals surface area contributed by atoms with Gasteiger partial charge < -0.3 is 24.3 Å². The first-order chi connectivity index (χ1) is 15.6. The van der Waals surface area contributed by atoms with Crippen molar-refractivity contribution in [2.75, 3.05) is 7.11 Å². The van der Waals surface area contributed by atoms with Gasteiger partial charge in [-0.1, -0.05) is 32.0 Å². The van der Waals surface area contributed by atoms with Gasteiger partial charge in [0.1, 0.15) is 24.0 Å². The fourth-order valence-corrected chi connectivity index (χ4v) is 3.11. The SMILES string of the molecule is COc1ccnc(C(=O)N[C@@H](C)C(=O)O[C@H](C(C)C)[C@H](C)Oc2ccccc2)c1OC(C)=O. The topological polar surface area (TPSA) is 113 Å². The molecule has 1 aromatic heterocycles. The van der Waals surface area contributed by atoms with Crippen LogP contribution in [0.3, 0.4) is 0 Å². The van der Waals surface area contributed by atoms with E-state index in [2.05, 4.69) is 10.3 Å². The maximum absolute atomic E-state index is 12.8. The lowest BCUT2D eigenvalue weighted by atomic mass is 10.0. The fourth-order valence-electron chi connectivity index (χ4n) is 3.11. The van der Waals surface area contributed by atoms with Gasteiger partial charge in [0.05, 0.1) is 7.11 Å². The van der Waals surface area contributed by atoms with Crippen molar-refractivity contribution in [1.29, 1.82) is 0 Å². The molecule has 0 unspecified atom stereocenters.